The minimum absolute atomic E-state index is 0.00434. The quantitative estimate of drug-likeness (QED) is 0.708. The second kappa shape index (κ2) is 6.37. The molecule has 0 aliphatic carbocycles. The molecule has 2 heterocycles. The van der Waals surface area contributed by atoms with E-state index in [-0.39, 0.29) is 35.1 Å². The molecule has 0 fully saturated rings. The molecular weight excluding hydrogens is 338 g/mol. The zero-order valence-electron chi connectivity index (χ0n) is 14.0. The molecule has 1 aliphatic rings. The van der Waals surface area contributed by atoms with Gasteiger partial charge in [-0.2, -0.15) is 4.98 Å². The van der Waals surface area contributed by atoms with Crippen molar-refractivity contribution in [3.8, 4) is 17.3 Å². The number of nitrogens with one attached hydrogen (secondary N) is 1. The van der Waals surface area contributed by atoms with Crippen molar-refractivity contribution in [3.05, 3.63) is 71.4 Å². The van der Waals surface area contributed by atoms with Crippen molar-refractivity contribution in [2.45, 2.75) is 19.3 Å². The number of hydrogen-bond donors (Lipinski definition) is 1. The molecule has 4 nitrogen and oxygen atoms in total. The molecule has 0 amide bonds. The number of fused-ring (bicyclic) bond motifs is 1. The molecular formula is C20H16F2N2O2. The summed E-state index contributed by atoms with van der Waals surface area (Å²) in [5.41, 5.74) is 1.53. The molecule has 4 rings (SSSR count). The Labute approximate surface area is 148 Å². The van der Waals surface area contributed by atoms with Crippen molar-refractivity contribution >= 4 is 5.97 Å². The lowest BCUT2D eigenvalue weighted by Crippen LogP contribution is -2.32. The van der Waals surface area contributed by atoms with Crippen LogP contribution in [0.25, 0.3) is 11.4 Å². The lowest BCUT2D eigenvalue weighted by Gasteiger charge is -2.28. The van der Waals surface area contributed by atoms with Gasteiger partial charge < -0.3 is 9.72 Å². The van der Waals surface area contributed by atoms with E-state index in [2.05, 4.69) is 9.97 Å². The van der Waals surface area contributed by atoms with Gasteiger partial charge in [-0.3, -0.25) is 4.79 Å². The molecule has 2 aromatic carbocycles. The van der Waals surface area contributed by atoms with Crippen LogP contribution in [0.2, 0.25) is 0 Å². The molecule has 0 bridgehead atoms. The number of aromatic nitrogens is 2. The average molecular weight is 354 g/mol. The highest BCUT2D eigenvalue weighted by Gasteiger charge is 2.40. The van der Waals surface area contributed by atoms with Crippen LogP contribution in [0.3, 0.4) is 0 Å². The summed E-state index contributed by atoms with van der Waals surface area (Å²) in [6, 6.07) is 12.7. The summed E-state index contributed by atoms with van der Waals surface area (Å²) < 4.78 is 33.0. The topological polar surface area (TPSA) is 55.0 Å². The number of rotatable bonds is 3. The largest absolute Gasteiger partial charge is 0.405 e. The summed E-state index contributed by atoms with van der Waals surface area (Å²) in [5, 5.41) is 0. The molecule has 3 aromatic rings. The Morgan fingerprint density at radius 1 is 1.15 bits per heavy atom. The van der Waals surface area contributed by atoms with E-state index in [0.717, 1.165) is 23.8 Å². The summed E-state index contributed by atoms with van der Waals surface area (Å²) in [7, 11) is 0. The van der Waals surface area contributed by atoms with Crippen LogP contribution in [-0.2, 0) is 4.79 Å². The number of ether oxygens (including phenoxy) is 1. The highest BCUT2D eigenvalue weighted by atomic mass is 19.1. The van der Waals surface area contributed by atoms with Gasteiger partial charge in [0.25, 0.3) is 0 Å². The molecule has 0 saturated heterocycles. The second-order valence-electron chi connectivity index (χ2n) is 6.25. The zero-order chi connectivity index (χ0) is 18.3. The Hall–Kier alpha value is -3.02. The van der Waals surface area contributed by atoms with Gasteiger partial charge in [0.15, 0.2) is 0 Å². The molecule has 26 heavy (non-hydrogen) atoms. The first-order chi connectivity index (χ1) is 12.6. The van der Waals surface area contributed by atoms with Crippen LogP contribution in [0.15, 0.2) is 48.5 Å². The molecule has 0 unspecified atom stereocenters. The molecule has 1 aromatic heterocycles. The Morgan fingerprint density at radius 3 is 2.65 bits per heavy atom. The predicted octanol–water partition coefficient (Wildman–Crippen LogP) is 4.43. The Balaban J connectivity index is 1.87. The third kappa shape index (κ3) is 2.67. The van der Waals surface area contributed by atoms with Gasteiger partial charge in [0.2, 0.25) is 5.88 Å². The molecule has 1 aliphatic heterocycles. The Morgan fingerprint density at radius 2 is 1.92 bits per heavy atom. The van der Waals surface area contributed by atoms with Gasteiger partial charge in [0.1, 0.15) is 17.5 Å². The summed E-state index contributed by atoms with van der Waals surface area (Å²) in [6.07, 6.45) is 0.584. The zero-order valence-corrected chi connectivity index (χ0v) is 14.0. The predicted molar refractivity (Wildman–Crippen MR) is 91.6 cm³/mol. The molecule has 1 N–H and O–H groups in total. The number of imidazole rings is 1. The smallest absolute Gasteiger partial charge is 0.316 e. The first-order valence-corrected chi connectivity index (χ1v) is 8.40. The van der Waals surface area contributed by atoms with E-state index < -0.39 is 11.6 Å². The van der Waals surface area contributed by atoms with Crippen LogP contribution in [0, 0.1) is 17.6 Å². The van der Waals surface area contributed by atoms with E-state index >= 15 is 0 Å². The molecule has 0 radical (unpaired) electrons. The fourth-order valence-corrected chi connectivity index (χ4v) is 3.44. The minimum atomic E-state index is -0.605. The normalized spacial score (nSPS) is 19.1. The molecule has 0 saturated carbocycles. The monoisotopic (exact) mass is 354 g/mol. The maximum atomic E-state index is 14.1. The van der Waals surface area contributed by atoms with Gasteiger partial charge in [-0.1, -0.05) is 37.3 Å². The van der Waals surface area contributed by atoms with E-state index in [0.29, 0.717) is 12.1 Å². The van der Waals surface area contributed by atoms with E-state index in [1.54, 1.807) is 0 Å². The van der Waals surface area contributed by atoms with E-state index in [1.165, 1.54) is 0 Å². The number of H-pyrrole nitrogens is 1. The summed E-state index contributed by atoms with van der Waals surface area (Å²) in [6.45, 7) is 1.91. The number of carbonyl (C=O) groups is 1. The van der Waals surface area contributed by atoms with Crippen LogP contribution in [0.5, 0.6) is 5.88 Å². The average Bonchev–Trinajstić information content (AvgIpc) is 3.06. The molecule has 6 heteroatoms. The summed E-state index contributed by atoms with van der Waals surface area (Å²) >= 11 is 0. The van der Waals surface area contributed by atoms with Gasteiger partial charge in [0, 0.05) is 5.92 Å². The number of benzene rings is 2. The van der Waals surface area contributed by atoms with Crippen molar-refractivity contribution in [2.75, 3.05) is 0 Å². The second-order valence-corrected chi connectivity index (χ2v) is 6.25. The molecule has 2 atom stereocenters. The lowest BCUT2D eigenvalue weighted by molar-refractivity contribution is -0.141. The molecule has 0 spiro atoms. The van der Waals surface area contributed by atoms with E-state index in [1.807, 2.05) is 37.3 Å². The maximum Gasteiger partial charge on any atom is 0.316 e. The van der Waals surface area contributed by atoms with Crippen molar-refractivity contribution in [2.24, 2.45) is 5.92 Å². The third-order valence-electron chi connectivity index (χ3n) is 4.69. The van der Waals surface area contributed by atoms with E-state index in [4.69, 9.17) is 4.74 Å². The van der Waals surface area contributed by atoms with Crippen molar-refractivity contribution in [1.29, 1.82) is 0 Å². The van der Waals surface area contributed by atoms with Crippen LogP contribution in [0.1, 0.15) is 30.5 Å². The fraction of sp³-hybridized carbons (Fsp3) is 0.200. The number of hydrogen-bond acceptors (Lipinski definition) is 3. The lowest BCUT2D eigenvalue weighted by atomic mass is 9.81. The van der Waals surface area contributed by atoms with Crippen LogP contribution < -0.4 is 4.74 Å². The first kappa shape index (κ1) is 16.4. The van der Waals surface area contributed by atoms with E-state index in [9.17, 15) is 13.6 Å². The Kier molecular flexibility index (Phi) is 4.03. The number of nitrogens with zero attached hydrogens (tertiary/aromatic N) is 1. The highest BCUT2D eigenvalue weighted by molar-refractivity contribution is 5.80. The van der Waals surface area contributed by atoms with Gasteiger partial charge in [-0.25, -0.2) is 8.78 Å². The number of carbonyl (C=O) groups excluding carboxylic acids is 1. The highest BCUT2D eigenvalue weighted by Crippen LogP contribution is 2.43. The fourth-order valence-electron chi connectivity index (χ4n) is 3.44. The van der Waals surface area contributed by atoms with Crippen molar-refractivity contribution in [3.63, 3.8) is 0 Å². The maximum absolute atomic E-state index is 14.1. The van der Waals surface area contributed by atoms with Gasteiger partial charge in [-0.15, -0.1) is 0 Å². The first-order valence-electron chi connectivity index (χ1n) is 8.40. The molecule has 132 valence electrons. The number of aromatic amines is 1. The van der Waals surface area contributed by atoms with Gasteiger partial charge >= 0.3 is 5.97 Å². The van der Waals surface area contributed by atoms with Gasteiger partial charge in [0.05, 0.1) is 17.2 Å². The summed E-state index contributed by atoms with van der Waals surface area (Å²) in [5.74, 6) is -1.95. The van der Waals surface area contributed by atoms with Crippen LogP contribution in [0.4, 0.5) is 8.78 Å². The summed E-state index contributed by atoms with van der Waals surface area (Å²) in [4.78, 5) is 19.7. The standard InChI is InChI=1S/C20H16F2N2O2/c1-2-13-16(11-6-4-3-5-7-11)17-19(26-20(13)25)24-18(23-17)14-10-12(21)8-9-15(14)22/h3-10,13,16H,2H2,1H3,(H,23,24)/t13-,16+/m0/s1. The minimum Gasteiger partial charge on any atom is -0.405 e. The Bertz CT molecular complexity index is 969. The number of esters is 1. The van der Waals surface area contributed by atoms with Crippen molar-refractivity contribution < 1.29 is 18.3 Å². The number of halogens is 2. The van der Waals surface area contributed by atoms with Gasteiger partial charge in [-0.05, 0) is 30.2 Å². The van der Waals surface area contributed by atoms with Crippen LogP contribution in [-0.4, -0.2) is 15.9 Å². The van der Waals surface area contributed by atoms with Crippen LogP contribution >= 0.6 is 0 Å². The van der Waals surface area contributed by atoms with Crippen molar-refractivity contribution in [1.82, 2.24) is 9.97 Å². The SMILES string of the molecule is CC[C@@H]1C(=O)Oc2nc(-c3cc(F)ccc3F)[nH]c2[C@@H]1c1ccccc1. The third-order valence-corrected chi connectivity index (χ3v) is 4.69.